The molecule has 0 aliphatic carbocycles. The summed E-state index contributed by atoms with van der Waals surface area (Å²) in [5, 5.41) is 14.8. The van der Waals surface area contributed by atoms with Gasteiger partial charge in [-0.3, -0.25) is 0 Å². The van der Waals surface area contributed by atoms with Crippen molar-refractivity contribution < 1.29 is 5.11 Å². The quantitative estimate of drug-likeness (QED) is 0.586. The first-order valence-electron chi connectivity index (χ1n) is 7.65. The molecule has 114 valence electrons. The molecule has 0 radical (unpaired) electrons. The van der Waals surface area contributed by atoms with E-state index < -0.39 is 0 Å². The minimum absolute atomic E-state index is 0.250. The Kier molecular flexibility index (Phi) is 3.05. The fourth-order valence-electron chi connectivity index (χ4n) is 2.99. The lowest BCUT2D eigenvalue weighted by Crippen LogP contribution is -2.07. The molecule has 0 spiro atoms. The van der Waals surface area contributed by atoms with Gasteiger partial charge in [0.15, 0.2) is 0 Å². The summed E-state index contributed by atoms with van der Waals surface area (Å²) in [4.78, 5) is 4.65. The van der Waals surface area contributed by atoms with Crippen LogP contribution < -0.4 is 0 Å². The molecule has 0 bridgehead atoms. The van der Waals surface area contributed by atoms with Crippen molar-refractivity contribution in [1.82, 2.24) is 9.66 Å². The molecule has 0 fully saturated rings. The highest BCUT2D eigenvalue weighted by Crippen LogP contribution is 2.27. The van der Waals surface area contributed by atoms with E-state index in [9.17, 15) is 5.11 Å². The summed E-state index contributed by atoms with van der Waals surface area (Å²) >= 11 is 0. The zero-order valence-electron chi connectivity index (χ0n) is 13.1. The van der Waals surface area contributed by atoms with Crippen LogP contribution in [0.1, 0.15) is 33.9 Å². The van der Waals surface area contributed by atoms with E-state index in [4.69, 9.17) is 5.10 Å². The number of aryl methyl sites for hydroxylation is 1. The Morgan fingerprint density at radius 3 is 2.61 bits per heavy atom. The first-order chi connectivity index (χ1) is 11.1. The van der Waals surface area contributed by atoms with Crippen LogP contribution in [0.2, 0.25) is 0 Å². The Morgan fingerprint density at radius 2 is 1.83 bits per heavy atom. The number of phenolic OH excluding ortho intramolecular Hbond substituents is 1. The van der Waals surface area contributed by atoms with Crippen molar-refractivity contribution >= 4 is 5.71 Å². The second kappa shape index (κ2) is 5.09. The van der Waals surface area contributed by atoms with Crippen LogP contribution >= 0.6 is 0 Å². The predicted molar refractivity (Wildman–Crippen MR) is 90.1 cm³/mol. The number of aromatic hydroxyl groups is 1. The molecule has 1 aliphatic heterocycles. The van der Waals surface area contributed by atoms with Gasteiger partial charge in [0.1, 0.15) is 11.6 Å². The van der Waals surface area contributed by atoms with Gasteiger partial charge < -0.3 is 5.11 Å². The maximum atomic E-state index is 9.93. The van der Waals surface area contributed by atoms with Crippen molar-refractivity contribution in [2.45, 2.75) is 20.3 Å². The zero-order valence-corrected chi connectivity index (χ0v) is 13.1. The van der Waals surface area contributed by atoms with Crippen molar-refractivity contribution in [1.29, 1.82) is 0 Å². The van der Waals surface area contributed by atoms with Gasteiger partial charge in [0.2, 0.25) is 0 Å². The third kappa shape index (κ3) is 2.23. The molecule has 0 saturated carbocycles. The average molecular weight is 303 g/mol. The first kappa shape index (κ1) is 13.8. The van der Waals surface area contributed by atoms with E-state index in [1.165, 1.54) is 0 Å². The Bertz CT molecular complexity index is 923. The van der Waals surface area contributed by atoms with Crippen LogP contribution in [0.4, 0.5) is 0 Å². The van der Waals surface area contributed by atoms with Gasteiger partial charge in [-0.15, -0.1) is 0 Å². The second-order valence-electron chi connectivity index (χ2n) is 5.84. The predicted octanol–water partition coefficient (Wildman–Crippen LogP) is 3.41. The monoisotopic (exact) mass is 303 g/mol. The van der Waals surface area contributed by atoms with Gasteiger partial charge in [0.05, 0.1) is 17.1 Å². The van der Waals surface area contributed by atoms with E-state index in [0.29, 0.717) is 6.42 Å². The number of hydrogen-bond acceptors (Lipinski definition) is 3. The van der Waals surface area contributed by atoms with Crippen molar-refractivity contribution in [2.75, 3.05) is 0 Å². The summed E-state index contributed by atoms with van der Waals surface area (Å²) in [5.41, 5.74) is 6.01. The third-order valence-corrected chi connectivity index (χ3v) is 4.33. The van der Waals surface area contributed by atoms with Gasteiger partial charge in [0, 0.05) is 17.5 Å². The molecule has 23 heavy (non-hydrogen) atoms. The Balaban J connectivity index is 2.03. The first-order valence-corrected chi connectivity index (χ1v) is 7.65. The lowest BCUT2D eigenvalue weighted by molar-refractivity contribution is 0.475. The van der Waals surface area contributed by atoms with Crippen LogP contribution in [-0.2, 0) is 6.42 Å². The third-order valence-electron chi connectivity index (χ3n) is 4.33. The molecule has 4 nitrogen and oxygen atoms in total. The molecule has 4 rings (SSSR count). The largest absolute Gasteiger partial charge is 0.508 e. The topological polar surface area (TPSA) is 50.4 Å². The van der Waals surface area contributed by atoms with Crippen LogP contribution in [0, 0.1) is 13.8 Å². The minimum atomic E-state index is 0.250. The highest BCUT2D eigenvalue weighted by molar-refractivity contribution is 6.14. The van der Waals surface area contributed by atoms with E-state index >= 15 is 0 Å². The van der Waals surface area contributed by atoms with Gasteiger partial charge >= 0.3 is 0 Å². The molecular weight excluding hydrogens is 286 g/mol. The molecule has 0 saturated heterocycles. The average Bonchev–Trinajstić information content (AvgIpc) is 2.73. The second-order valence-corrected chi connectivity index (χ2v) is 5.84. The summed E-state index contributed by atoms with van der Waals surface area (Å²) in [6.45, 7) is 4.04. The van der Waals surface area contributed by atoms with Crippen LogP contribution in [-0.4, -0.2) is 20.5 Å². The molecule has 0 amide bonds. The van der Waals surface area contributed by atoms with E-state index in [1.807, 2.05) is 54.9 Å². The fraction of sp³-hybridized carbons (Fsp3) is 0.158. The molecule has 0 unspecified atom stereocenters. The lowest BCUT2D eigenvalue weighted by Gasteiger charge is -2.10. The number of phenols is 1. The number of imidazole rings is 1. The smallest absolute Gasteiger partial charge is 0.134 e. The number of rotatable bonds is 1. The zero-order chi connectivity index (χ0) is 16.0. The normalized spacial score (nSPS) is 13.0. The summed E-state index contributed by atoms with van der Waals surface area (Å²) in [7, 11) is 0. The van der Waals surface area contributed by atoms with E-state index in [-0.39, 0.29) is 5.75 Å². The fourth-order valence-corrected chi connectivity index (χ4v) is 2.99. The van der Waals surface area contributed by atoms with Gasteiger partial charge in [-0.05, 0) is 31.5 Å². The van der Waals surface area contributed by atoms with Gasteiger partial charge in [-0.25, -0.2) is 9.66 Å². The van der Waals surface area contributed by atoms with Crippen LogP contribution in [0.25, 0.3) is 0 Å². The highest BCUT2D eigenvalue weighted by atomic mass is 16.3. The summed E-state index contributed by atoms with van der Waals surface area (Å²) in [6.07, 6.45) is 0.699. The molecule has 3 aromatic rings. The SMILES string of the molecule is Cc1nc2n(c1C)N=C(c1ccccc1)c1cc(O)ccc1C2. The molecule has 1 aromatic heterocycles. The highest BCUT2D eigenvalue weighted by Gasteiger charge is 2.21. The van der Waals surface area contributed by atoms with Gasteiger partial charge in [-0.2, -0.15) is 5.10 Å². The van der Waals surface area contributed by atoms with Gasteiger partial charge in [0.25, 0.3) is 0 Å². The van der Waals surface area contributed by atoms with Crippen molar-refractivity contribution in [3.8, 4) is 5.75 Å². The minimum Gasteiger partial charge on any atom is -0.508 e. The number of hydrogen-bond donors (Lipinski definition) is 1. The van der Waals surface area contributed by atoms with Crippen molar-refractivity contribution in [3.63, 3.8) is 0 Å². The van der Waals surface area contributed by atoms with Crippen LogP contribution in [0.5, 0.6) is 5.75 Å². The molecule has 2 aromatic carbocycles. The Labute approximate surface area is 134 Å². The summed E-state index contributed by atoms with van der Waals surface area (Å²) in [5.74, 6) is 1.18. The standard InChI is InChI=1S/C19H17N3O/c1-12-13(2)22-18(20-12)10-15-8-9-16(23)11-17(15)19(21-22)14-6-4-3-5-7-14/h3-9,11,23H,10H2,1-2H3. The summed E-state index contributed by atoms with van der Waals surface area (Å²) < 4.78 is 1.93. The van der Waals surface area contributed by atoms with Crippen molar-refractivity contribution in [3.05, 3.63) is 82.4 Å². The van der Waals surface area contributed by atoms with Crippen LogP contribution in [0.3, 0.4) is 0 Å². The molecule has 1 N–H and O–H groups in total. The van der Waals surface area contributed by atoms with E-state index in [2.05, 4.69) is 4.98 Å². The maximum absolute atomic E-state index is 9.93. The number of fused-ring (bicyclic) bond motifs is 2. The number of nitrogens with zero attached hydrogens (tertiary/aromatic N) is 3. The molecule has 4 heteroatoms. The lowest BCUT2D eigenvalue weighted by atomic mass is 9.96. The number of benzene rings is 2. The number of aromatic nitrogens is 2. The Morgan fingerprint density at radius 1 is 1.04 bits per heavy atom. The van der Waals surface area contributed by atoms with Gasteiger partial charge in [-0.1, -0.05) is 36.4 Å². The molecule has 2 heterocycles. The Hall–Kier alpha value is -2.88. The maximum Gasteiger partial charge on any atom is 0.134 e. The molecule has 1 aliphatic rings. The van der Waals surface area contributed by atoms with E-state index in [0.717, 1.165) is 39.6 Å². The molecule has 0 atom stereocenters. The molecular formula is C19H17N3O. The van der Waals surface area contributed by atoms with Crippen molar-refractivity contribution in [2.24, 2.45) is 5.10 Å². The van der Waals surface area contributed by atoms with E-state index in [1.54, 1.807) is 12.1 Å². The van der Waals surface area contributed by atoms with Crippen LogP contribution in [0.15, 0.2) is 53.6 Å². The summed E-state index contributed by atoms with van der Waals surface area (Å²) in [6, 6.07) is 15.5.